The highest BCUT2D eigenvalue weighted by Crippen LogP contribution is 2.42. The molecule has 4 heterocycles. The standard InChI is InChI=1S/C19H15ClN6O2S/c20-11-5-3-10(4-6-11)14-8-12-15(29-14)18(23-9-22-12)26-7-1-2-13(26)19-24-17(16(21)27)25-28-19/h3-6,8-9,13H,1-2,7H2,(H2,21,27). The van der Waals surface area contributed by atoms with Gasteiger partial charge in [-0.2, -0.15) is 4.98 Å². The van der Waals surface area contributed by atoms with Crippen LogP contribution in [-0.4, -0.2) is 32.6 Å². The van der Waals surface area contributed by atoms with Crippen LogP contribution in [0.25, 0.3) is 20.7 Å². The number of aromatic nitrogens is 4. The van der Waals surface area contributed by atoms with Crippen LogP contribution < -0.4 is 10.6 Å². The van der Waals surface area contributed by atoms with Gasteiger partial charge in [-0.25, -0.2) is 9.97 Å². The zero-order valence-electron chi connectivity index (χ0n) is 15.1. The Morgan fingerprint density at radius 3 is 2.86 bits per heavy atom. The summed E-state index contributed by atoms with van der Waals surface area (Å²) in [7, 11) is 0. The number of carbonyl (C=O) groups excluding carboxylic acids is 1. The minimum absolute atomic E-state index is 0.110. The second-order valence-electron chi connectivity index (χ2n) is 6.70. The fraction of sp³-hybridized carbons (Fsp3) is 0.211. The Morgan fingerprint density at radius 2 is 2.10 bits per heavy atom. The van der Waals surface area contributed by atoms with E-state index in [9.17, 15) is 4.79 Å². The van der Waals surface area contributed by atoms with Gasteiger partial charge in [0.05, 0.1) is 10.2 Å². The minimum atomic E-state index is -0.708. The van der Waals surface area contributed by atoms with Gasteiger partial charge in [-0.3, -0.25) is 4.79 Å². The van der Waals surface area contributed by atoms with Crippen molar-refractivity contribution in [3.63, 3.8) is 0 Å². The maximum atomic E-state index is 11.3. The molecule has 1 fully saturated rings. The first kappa shape index (κ1) is 18.0. The first-order chi connectivity index (χ1) is 14.1. The summed E-state index contributed by atoms with van der Waals surface area (Å²) in [6, 6.07) is 9.62. The first-order valence-corrected chi connectivity index (χ1v) is 10.2. The maximum absolute atomic E-state index is 11.3. The van der Waals surface area contributed by atoms with Gasteiger partial charge in [-0.05, 0) is 36.6 Å². The Balaban J connectivity index is 1.55. The molecule has 146 valence electrons. The molecule has 4 aromatic rings. The topological polar surface area (TPSA) is 111 Å². The second-order valence-corrected chi connectivity index (χ2v) is 8.19. The number of thiophene rings is 1. The van der Waals surface area contributed by atoms with E-state index >= 15 is 0 Å². The number of benzene rings is 1. The predicted octanol–water partition coefficient (Wildman–Crippen LogP) is 3.84. The van der Waals surface area contributed by atoms with E-state index in [1.807, 2.05) is 24.3 Å². The molecular weight excluding hydrogens is 412 g/mol. The van der Waals surface area contributed by atoms with Gasteiger partial charge in [-0.1, -0.05) is 28.9 Å². The van der Waals surface area contributed by atoms with Gasteiger partial charge in [-0.15, -0.1) is 11.3 Å². The molecule has 3 aromatic heterocycles. The lowest BCUT2D eigenvalue weighted by molar-refractivity contribution is 0.0987. The third-order valence-electron chi connectivity index (χ3n) is 4.89. The maximum Gasteiger partial charge on any atom is 0.290 e. The van der Waals surface area contributed by atoms with Crippen molar-refractivity contribution in [2.45, 2.75) is 18.9 Å². The monoisotopic (exact) mass is 426 g/mol. The van der Waals surface area contributed by atoms with E-state index in [2.05, 4.69) is 31.1 Å². The molecule has 5 rings (SSSR count). The van der Waals surface area contributed by atoms with E-state index in [1.54, 1.807) is 17.7 Å². The van der Waals surface area contributed by atoms with Crippen molar-refractivity contribution in [3.05, 3.63) is 53.4 Å². The van der Waals surface area contributed by atoms with Crippen LogP contribution in [0.2, 0.25) is 5.02 Å². The molecule has 0 saturated carbocycles. The zero-order chi connectivity index (χ0) is 20.0. The van der Waals surface area contributed by atoms with E-state index in [4.69, 9.17) is 21.9 Å². The van der Waals surface area contributed by atoms with E-state index in [1.165, 1.54) is 0 Å². The fourth-order valence-electron chi connectivity index (χ4n) is 3.55. The number of carbonyl (C=O) groups is 1. The Labute approximate surface area is 174 Å². The number of halogens is 1. The second kappa shape index (κ2) is 7.09. The normalized spacial score (nSPS) is 16.6. The number of primary amides is 1. The van der Waals surface area contributed by atoms with E-state index in [0.29, 0.717) is 10.9 Å². The molecule has 0 bridgehead atoms. The van der Waals surface area contributed by atoms with Gasteiger partial charge in [0.1, 0.15) is 12.4 Å². The summed E-state index contributed by atoms with van der Waals surface area (Å²) in [5.74, 6) is 0.375. The molecular formula is C19H15ClN6O2S. The summed E-state index contributed by atoms with van der Waals surface area (Å²) in [6.07, 6.45) is 3.33. The predicted molar refractivity (Wildman–Crippen MR) is 110 cm³/mol. The highest BCUT2D eigenvalue weighted by atomic mass is 35.5. The van der Waals surface area contributed by atoms with E-state index < -0.39 is 5.91 Å². The Kier molecular flexibility index (Phi) is 4.40. The molecule has 1 aliphatic heterocycles. The summed E-state index contributed by atoms with van der Waals surface area (Å²) in [5, 5.41) is 4.37. The molecule has 1 aromatic carbocycles. The molecule has 1 atom stereocenters. The van der Waals surface area contributed by atoms with Gasteiger partial charge in [0.25, 0.3) is 11.7 Å². The average molecular weight is 427 g/mol. The molecule has 8 nitrogen and oxygen atoms in total. The summed E-state index contributed by atoms with van der Waals surface area (Å²) < 4.78 is 6.29. The lowest BCUT2D eigenvalue weighted by atomic mass is 10.2. The van der Waals surface area contributed by atoms with Gasteiger partial charge in [0.15, 0.2) is 5.82 Å². The Morgan fingerprint density at radius 1 is 1.28 bits per heavy atom. The van der Waals surface area contributed by atoms with Crippen molar-refractivity contribution < 1.29 is 9.32 Å². The Bertz CT molecular complexity index is 1210. The van der Waals surface area contributed by atoms with Crippen LogP contribution in [0.3, 0.4) is 0 Å². The molecule has 2 N–H and O–H groups in total. The summed E-state index contributed by atoms with van der Waals surface area (Å²) in [5.41, 5.74) is 7.20. The average Bonchev–Trinajstić information content (AvgIpc) is 3.45. The third kappa shape index (κ3) is 3.22. The molecule has 0 spiro atoms. The zero-order valence-corrected chi connectivity index (χ0v) is 16.7. The number of nitrogens with zero attached hydrogens (tertiary/aromatic N) is 5. The van der Waals surface area contributed by atoms with Crippen molar-refractivity contribution >= 4 is 44.9 Å². The molecule has 1 unspecified atom stereocenters. The third-order valence-corrected chi connectivity index (χ3v) is 6.31. The van der Waals surface area contributed by atoms with Crippen LogP contribution in [0.1, 0.15) is 35.4 Å². The molecule has 0 radical (unpaired) electrons. The number of rotatable bonds is 4. The summed E-state index contributed by atoms with van der Waals surface area (Å²) in [4.78, 5) is 27.7. The summed E-state index contributed by atoms with van der Waals surface area (Å²) >= 11 is 7.64. The number of fused-ring (bicyclic) bond motifs is 1. The van der Waals surface area contributed by atoms with E-state index in [-0.39, 0.29) is 11.9 Å². The molecule has 1 saturated heterocycles. The highest BCUT2D eigenvalue weighted by molar-refractivity contribution is 7.22. The Hall–Kier alpha value is -3.04. The van der Waals surface area contributed by atoms with Crippen molar-refractivity contribution in [1.82, 2.24) is 20.1 Å². The van der Waals surface area contributed by atoms with Crippen LogP contribution in [-0.2, 0) is 0 Å². The van der Waals surface area contributed by atoms with Gasteiger partial charge >= 0.3 is 0 Å². The lowest BCUT2D eigenvalue weighted by Crippen LogP contribution is -2.24. The molecule has 1 amide bonds. The molecule has 10 heteroatoms. The van der Waals surface area contributed by atoms with E-state index in [0.717, 1.165) is 45.9 Å². The van der Waals surface area contributed by atoms with Crippen LogP contribution >= 0.6 is 22.9 Å². The largest absolute Gasteiger partial charge is 0.363 e. The fourth-order valence-corrected chi connectivity index (χ4v) is 4.80. The molecule has 1 aliphatic rings. The van der Waals surface area contributed by atoms with Gasteiger partial charge in [0, 0.05) is 16.4 Å². The molecule has 0 aliphatic carbocycles. The lowest BCUT2D eigenvalue weighted by Gasteiger charge is -2.23. The van der Waals surface area contributed by atoms with Gasteiger partial charge in [0.2, 0.25) is 5.89 Å². The number of nitrogens with two attached hydrogens (primary N) is 1. The number of hydrogen-bond acceptors (Lipinski definition) is 8. The first-order valence-electron chi connectivity index (χ1n) is 9.00. The SMILES string of the molecule is NC(=O)c1noc(C2CCCN2c2ncnc3cc(-c4ccc(Cl)cc4)sc23)n1. The minimum Gasteiger partial charge on any atom is -0.363 e. The molecule has 29 heavy (non-hydrogen) atoms. The number of anilines is 1. The van der Waals surface area contributed by atoms with Gasteiger partial charge < -0.3 is 15.2 Å². The van der Waals surface area contributed by atoms with Crippen molar-refractivity contribution in [1.29, 1.82) is 0 Å². The smallest absolute Gasteiger partial charge is 0.290 e. The number of amides is 1. The quantitative estimate of drug-likeness (QED) is 0.527. The van der Waals surface area contributed by atoms with Crippen molar-refractivity contribution in [2.75, 3.05) is 11.4 Å². The van der Waals surface area contributed by atoms with Crippen LogP contribution in [0.5, 0.6) is 0 Å². The van der Waals surface area contributed by atoms with Crippen molar-refractivity contribution in [2.24, 2.45) is 5.73 Å². The number of hydrogen-bond donors (Lipinski definition) is 1. The van der Waals surface area contributed by atoms with Crippen molar-refractivity contribution in [3.8, 4) is 10.4 Å². The van der Waals surface area contributed by atoms with Crippen LogP contribution in [0.4, 0.5) is 5.82 Å². The van der Waals surface area contributed by atoms with Crippen LogP contribution in [0.15, 0.2) is 41.2 Å². The summed E-state index contributed by atoms with van der Waals surface area (Å²) in [6.45, 7) is 0.791. The highest BCUT2D eigenvalue weighted by Gasteiger charge is 2.33. The van der Waals surface area contributed by atoms with Crippen LogP contribution in [0, 0.1) is 0 Å².